The van der Waals surface area contributed by atoms with E-state index in [1.165, 1.54) is 0 Å². The first-order valence-corrected chi connectivity index (χ1v) is 9.90. The van der Waals surface area contributed by atoms with E-state index in [1.54, 1.807) is 29.7 Å². The molecule has 2 aromatic heterocycles. The molecule has 0 saturated carbocycles. The molecule has 1 aliphatic rings. The van der Waals surface area contributed by atoms with Crippen molar-refractivity contribution in [2.45, 2.75) is 6.92 Å². The lowest BCUT2D eigenvalue weighted by Crippen LogP contribution is -2.29. The lowest BCUT2D eigenvalue weighted by Gasteiger charge is -2.09. The van der Waals surface area contributed by atoms with Crippen molar-refractivity contribution in [3.05, 3.63) is 42.1 Å². The van der Waals surface area contributed by atoms with Gasteiger partial charge in [0, 0.05) is 30.4 Å². The van der Waals surface area contributed by atoms with Gasteiger partial charge in [-0.1, -0.05) is 0 Å². The minimum absolute atomic E-state index is 0.0298. The number of nitrogens with zero attached hydrogens (tertiary/aromatic N) is 2. The van der Waals surface area contributed by atoms with Gasteiger partial charge in [0.15, 0.2) is 11.5 Å². The Morgan fingerprint density at radius 3 is 2.87 bits per heavy atom. The van der Waals surface area contributed by atoms with Gasteiger partial charge in [-0.05, 0) is 37.3 Å². The quantitative estimate of drug-likeness (QED) is 0.462. The predicted molar refractivity (Wildman–Crippen MR) is 113 cm³/mol. The van der Waals surface area contributed by atoms with Crippen LogP contribution < -0.4 is 25.8 Å². The Kier molecular flexibility index (Phi) is 5.89. The molecule has 0 atom stereocenters. The van der Waals surface area contributed by atoms with E-state index in [0.29, 0.717) is 53.9 Å². The van der Waals surface area contributed by atoms with E-state index in [9.17, 15) is 9.59 Å². The Morgan fingerprint density at radius 1 is 1.23 bits per heavy atom. The van der Waals surface area contributed by atoms with E-state index in [-0.39, 0.29) is 25.2 Å². The summed E-state index contributed by atoms with van der Waals surface area (Å²) in [6, 6.07) is 8.86. The van der Waals surface area contributed by atoms with Crippen molar-refractivity contribution < 1.29 is 23.8 Å². The van der Waals surface area contributed by atoms with E-state index in [4.69, 9.17) is 24.9 Å². The molecule has 0 spiro atoms. The van der Waals surface area contributed by atoms with Crippen LogP contribution in [0.1, 0.15) is 17.3 Å². The molecule has 4 N–H and O–H groups in total. The number of amides is 1. The molecular weight excluding hydrogens is 402 g/mol. The monoisotopic (exact) mass is 425 g/mol. The molecule has 4 rings (SSSR count). The van der Waals surface area contributed by atoms with Crippen molar-refractivity contribution in [2.75, 3.05) is 38.4 Å². The van der Waals surface area contributed by atoms with Crippen LogP contribution in [0.25, 0.3) is 16.9 Å². The van der Waals surface area contributed by atoms with Crippen molar-refractivity contribution in [3.63, 3.8) is 0 Å². The maximum Gasteiger partial charge on any atom is 0.325 e. The highest BCUT2D eigenvalue weighted by Gasteiger charge is 2.20. The topological polar surface area (TPSA) is 129 Å². The molecule has 1 aromatic carbocycles. The van der Waals surface area contributed by atoms with Gasteiger partial charge in [0.2, 0.25) is 6.79 Å². The number of aromatic nitrogens is 2. The Labute approximate surface area is 178 Å². The molecule has 0 fully saturated rings. The molecule has 3 heterocycles. The number of hydrogen-bond acceptors (Lipinski definition) is 8. The van der Waals surface area contributed by atoms with Gasteiger partial charge in [0.1, 0.15) is 23.7 Å². The smallest absolute Gasteiger partial charge is 0.325 e. The molecule has 1 aliphatic heterocycles. The Hall–Kier alpha value is -3.79. The Morgan fingerprint density at radius 2 is 2.06 bits per heavy atom. The van der Waals surface area contributed by atoms with Gasteiger partial charge in [-0.2, -0.15) is 0 Å². The van der Waals surface area contributed by atoms with E-state index < -0.39 is 0 Å². The fourth-order valence-corrected chi connectivity index (χ4v) is 3.26. The molecule has 1 amide bonds. The summed E-state index contributed by atoms with van der Waals surface area (Å²) in [6.45, 7) is 2.92. The molecule has 0 aliphatic carbocycles. The third-order valence-electron chi connectivity index (χ3n) is 4.67. The maximum atomic E-state index is 12.3. The molecular formula is C21H23N5O5. The first-order valence-electron chi connectivity index (χ1n) is 9.90. The zero-order valence-corrected chi connectivity index (χ0v) is 17.0. The number of carbonyl (C=O) groups excluding carboxylic acids is 2. The summed E-state index contributed by atoms with van der Waals surface area (Å²) < 4.78 is 17.7. The summed E-state index contributed by atoms with van der Waals surface area (Å²) in [5.41, 5.74) is 7.83. The fraction of sp³-hybridized carbons (Fsp3) is 0.286. The van der Waals surface area contributed by atoms with Crippen molar-refractivity contribution in [2.24, 2.45) is 5.73 Å². The van der Waals surface area contributed by atoms with Gasteiger partial charge in [-0.3, -0.25) is 14.0 Å². The van der Waals surface area contributed by atoms with E-state index in [0.717, 1.165) is 5.56 Å². The summed E-state index contributed by atoms with van der Waals surface area (Å²) in [7, 11) is 0. The Balaban J connectivity index is 1.74. The van der Waals surface area contributed by atoms with Crippen LogP contribution in [-0.4, -0.2) is 54.3 Å². The minimum Gasteiger partial charge on any atom is -0.465 e. The second kappa shape index (κ2) is 8.92. The number of nitrogens with one attached hydrogen (secondary N) is 2. The number of fused-ring (bicyclic) bond motifs is 2. The third kappa shape index (κ3) is 4.24. The number of rotatable bonds is 8. The van der Waals surface area contributed by atoms with Crippen LogP contribution in [0, 0.1) is 0 Å². The van der Waals surface area contributed by atoms with Gasteiger partial charge >= 0.3 is 5.97 Å². The molecule has 3 aromatic rings. The maximum absolute atomic E-state index is 12.3. The number of ether oxygens (including phenoxy) is 3. The molecule has 0 bridgehead atoms. The summed E-state index contributed by atoms with van der Waals surface area (Å²) in [5, 5.41) is 5.85. The normalized spacial score (nSPS) is 12.1. The van der Waals surface area contributed by atoms with Crippen LogP contribution in [0.2, 0.25) is 0 Å². The van der Waals surface area contributed by atoms with Crippen molar-refractivity contribution in [1.29, 1.82) is 0 Å². The van der Waals surface area contributed by atoms with E-state index in [2.05, 4.69) is 10.6 Å². The number of benzene rings is 1. The van der Waals surface area contributed by atoms with Gasteiger partial charge in [-0.25, -0.2) is 4.98 Å². The fourth-order valence-electron chi connectivity index (χ4n) is 3.26. The van der Waals surface area contributed by atoms with Crippen LogP contribution in [-0.2, 0) is 9.53 Å². The summed E-state index contributed by atoms with van der Waals surface area (Å²) in [4.78, 5) is 28.9. The molecule has 10 heteroatoms. The second-order valence-corrected chi connectivity index (χ2v) is 6.72. The van der Waals surface area contributed by atoms with Gasteiger partial charge in [-0.15, -0.1) is 0 Å². The number of pyridine rings is 1. The number of carbonyl (C=O) groups is 2. The van der Waals surface area contributed by atoms with Gasteiger partial charge < -0.3 is 30.6 Å². The molecule has 31 heavy (non-hydrogen) atoms. The average Bonchev–Trinajstić information content (AvgIpc) is 3.39. The van der Waals surface area contributed by atoms with Gasteiger partial charge in [0.25, 0.3) is 5.91 Å². The highest BCUT2D eigenvalue weighted by atomic mass is 16.7. The van der Waals surface area contributed by atoms with Crippen LogP contribution in [0.15, 0.2) is 36.5 Å². The first-order chi connectivity index (χ1) is 15.1. The number of nitrogens with two attached hydrogens (primary N) is 1. The molecule has 0 saturated heterocycles. The largest absolute Gasteiger partial charge is 0.465 e. The molecule has 0 unspecified atom stereocenters. The predicted octanol–water partition coefficient (Wildman–Crippen LogP) is 1.39. The molecule has 10 nitrogen and oxygen atoms in total. The number of imidazole rings is 1. The molecule has 162 valence electrons. The SMILES string of the molecule is CCOC(=O)CNc1c(-c2ccc3c(c2)OCO3)nc2cc(C(=O)NCCN)ccn12. The second-order valence-electron chi connectivity index (χ2n) is 6.72. The lowest BCUT2D eigenvalue weighted by atomic mass is 10.1. The van der Waals surface area contributed by atoms with Crippen molar-refractivity contribution >= 4 is 23.3 Å². The van der Waals surface area contributed by atoms with Crippen LogP contribution >= 0.6 is 0 Å². The van der Waals surface area contributed by atoms with Crippen LogP contribution in [0.5, 0.6) is 11.5 Å². The first kappa shape index (κ1) is 20.5. The summed E-state index contributed by atoms with van der Waals surface area (Å²) in [6.07, 6.45) is 1.73. The van der Waals surface area contributed by atoms with Gasteiger partial charge in [0.05, 0.1) is 6.61 Å². The van der Waals surface area contributed by atoms with E-state index >= 15 is 0 Å². The third-order valence-corrected chi connectivity index (χ3v) is 4.67. The number of anilines is 1. The lowest BCUT2D eigenvalue weighted by molar-refractivity contribution is -0.140. The summed E-state index contributed by atoms with van der Waals surface area (Å²) >= 11 is 0. The zero-order chi connectivity index (χ0) is 21.8. The van der Waals surface area contributed by atoms with Crippen LogP contribution in [0.4, 0.5) is 5.82 Å². The van der Waals surface area contributed by atoms with Crippen LogP contribution in [0.3, 0.4) is 0 Å². The Bertz CT molecular complexity index is 1130. The zero-order valence-electron chi connectivity index (χ0n) is 17.0. The van der Waals surface area contributed by atoms with E-state index in [1.807, 2.05) is 18.2 Å². The standard InChI is InChI=1S/C21H23N5O5/c1-2-29-18(27)11-24-20-19(13-3-4-15-16(9-13)31-12-30-15)25-17-10-14(5-8-26(17)20)21(28)23-7-6-22/h3-5,8-10,24H,2,6-7,11-12,22H2,1H3,(H,23,28). The van der Waals surface area contributed by atoms with Crippen molar-refractivity contribution in [3.8, 4) is 22.8 Å². The number of hydrogen-bond donors (Lipinski definition) is 3. The highest BCUT2D eigenvalue weighted by Crippen LogP contribution is 2.38. The van der Waals surface area contributed by atoms with Crippen molar-refractivity contribution in [1.82, 2.24) is 14.7 Å². The number of esters is 1. The average molecular weight is 425 g/mol. The molecule has 0 radical (unpaired) electrons. The highest BCUT2D eigenvalue weighted by molar-refractivity contribution is 5.95. The summed E-state index contributed by atoms with van der Waals surface area (Å²) in [5.74, 6) is 1.25. The minimum atomic E-state index is -0.383.